The first-order valence-electron chi connectivity index (χ1n) is 9.04. The second-order valence-electron chi connectivity index (χ2n) is 6.37. The number of amides is 4. The maximum Gasteiger partial charge on any atom is 0.335 e. The molecule has 0 spiro atoms. The molecule has 0 bridgehead atoms. The van der Waals surface area contributed by atoms with Crippen molar-refractivity contribution in [3.05, 3.63) is 36.9 Å². The van der Waals surface area contributed by atoms with Crippen molar-refractivity contribution in [1.29, 1.82) is 0 Å². The molecule has 1 aromatic rings. The number of nitrogens with zero attached hydrogens (tertiary/aromatic N) is 4. The summed E-state index contributed by atoms with van der Waals surface area (Å²) in [6, 6.07) is 7.33. The van der Waals surface area contributed by atoms with Crippen LogP contribution in [0.3, 0.4) is 0 Å². The van der Waals surface area contributed by atoms with E-state index in [1.807, 2.05) is 36.1 Å². The van der Waals surface area contributed by atoms with Gasteiger partial charge >= 0.3 is 17.8 Å². The fraction of sp³-hybridized carbons (Fsp3) is 0.421. The third-order valence-corrected chi connectivity index (χ3v) is 4.67. The Hall–Kier alpha value is -2.87. The summed E-state index contributed by atoms with van der Waals surface area (Å²) in [6.45, 7) is 9.07. The summed E-state index contributed by atoms with van der Waals surface area (Å²) in [5.41, 5.74) is 1.04. The number of carbonyl (C=O) groups excluding carboxylic acids is 3. The van der Waals surface area contributed by atoms with Gasteiger partial charge in [-0.2, -0.15) is 0 Å². The average Bonchev–Trinajstić information content (AvgIpc) is 2.88. The lowest BCUT2D eigenvalue weighted by Crippen LogP contribution is -2.51. The highest BCUT2D eigenvalue weighted by atomic mass is 16.5. The Morgan fingerprint density at radius 1 is 1.04 bits per heavy atom. The van der Waals surface area contributed by atoms with E-state index in [1.54, 1.807) is 0 Å². The number of piperazine rings is 1. The lowest BCUT2D eigenvalue weighted by Gasteiger charge is -2.37. The zero-order valence-electron chi connectivity index (χ0n) is 15.5. The van der Waals surface area contributed by atoms with Crippen molar-refractivity contribution in [1.82, 2.24) is 14.7 Å². The molecule has 3 rings (SSSR count). The van der Waals surface area contributed by atoms with E-state index in [0.717, 1.165) is 34.3 Å². The molecule has 0 aromatic heterocycles. The van der Waals surface area contributed by atoms with Gasteiger partial charge in [0, 0.05) is 32.7 Å². The van der Waals surface area contributed by atoms with Crippen LogP contribution >= 0.6 is 0 Å². The van der Waals surface area contributed by atoms with Gasteiger partial charge in [0.15, 0.2) is 0 Å². The molecule has 2 fully saturated rings. The maximum absolute atomic E-state index is 12.3. The number of anilines is 1. The molecule has 2 saturated heterocycles. The Labute approximate surface area is 158 Å². The predicted octanol–water partition coefficient (Wildman–Crippen LogP) is 1.14. The highest BCUT2D eigenvalue weighted by Crippen LogP contribution is 2.29. The minimum atomic E-state index is -0.788. The highest BCUT2D eigenvalue weighted by molar-refractivity contribution is 6.44. The third-order valence-electron chi connectivity index (χ3n) is 4.67. The van der Waals surface area contributed by atoms with Crippen molar-refractivity contribution in [3.63, 3.8) is 0 Å². The number of benzene rings is 1. The van der Waals surface area contributed by atoms with E-state index in [4.69, 9.17) is 4.74 Å². The average molecular weight is 372 g/mol. The van der Waals surface area contributed by atoms with E-state index in [-0.39, 0.29) is 13.2 Å². The van der Waals surface area contributed by atoms with Crippen LogP contribution < -0.4 is 9.64 Å². The normalized spacial score (nSPS) is 18.4. The second-order valence-corrected chi connectivity index (χ2v) is 6.37. The maximum atomic E-state index is 12.3. The first-order valence-corrected chi connectivity index (χ1v) is 9.04. The van der Waals surface area contributed by atoms with Crippen LogP contribution in [0.5, 0.6) is 5.75 Å². The van der Waals surface area contributed by atoms with Crippen LogP contribution in [0.1, 0.15) is 6.92 Å². The molecule has 0 saturated carbocycles. The van der Waals surface area contributed by atoms with Gasteiger partial charge in [-0.25, -0.2) is 9.69 Å². The lowest BCUT2D eigenvalue weighted by atomic mass is 10.2. The molecule has 0 aliphatic carbocycles. The van der Waals surface area contributed by atoms with E-state index in [9.17, 15) is 14.4 Å². The molecule has 2 aliphatic rings. The first-order chi connectivity index (χ1) is 13.1. The van der Waals surface area contributed by atoms with Crippen molar-refractivity contribution < 1.29 is 19.1 Å². The van der Waals surface area contributed by atoms with Crippen LogP contribution in [0.15, 0.2) is 36.9 Å². The largest absolute Gasteiger partial charge is 0.492 e. The summed E-state index contributed by atoms with van der Waals surface area (Å²) < 4.78 is 5.70. The van der Waals surface area contributed by atoms with Crippen LogP contribution in [-0.2, 0) is 9.59 Å². The molecule has 8 heteroatoms. The summed E-state index contributed by atoms with van der Waals surface area (Å²) in [4.78, 5) is 42.5. The molecule has 2 aliphatic heterocycles. The van der Waals surface area contributed by atoms with Crippen molar-refractivity contribution in [2.75, 3.05) is 50.9 Å². The van der Waals surface area contributed by atoms with Gasteiger partial charge in [-0.15, -0.1) is 6.58 Å². The quantitative estimate of drug-likeness (QED) is 0.406. The second kappa shape index (κ2) is 8.22. The van der Waals surface area contributed by atoms with Gasteiger partial charge in [0.1, 0.15) is 5.75 Å². The SMILES string of the molecule is C=CCN1C(=O)C(=O)N(CN2CCN(c3ccccc3OCC)CC2)C1=O. The van der Waals surface area contributed by atoms with Gasteiger partial charge in [0.2, 0.25) is 0 Å². The Kier molecular flexibility index (Phi) is 5.75. The van der Waals surface area contributed by atoms with E-state index in [1.165, 1.54) is 6.08 Å². The minimum absolute atomic E-state index is 0.0435. The van der Waals surface area contributed by atoms with Gasteiger partial charge < -0.3 is 9.64 Å². The highest BCUT2D eigenvalue weighted by Gasteiger charge is 2.44. The van der Waals surface area contributed by atoms with Gasteiger partial charge in [-0.1, -0.05) is 18.2 Å². The van der Waals surface area contributed by atoms with Gasteiger partial charge in [0.25, 0.3) is 0 Å². The van der Waals surface area contributed by atoms with Gasteiger partial charge in [-0.3, -0.25) is 19.4 Å². The summed E-state index contributed by atoms with van der Waals surface area (Å²) in [7, 11) is 0. The topological polar surface area (TPSA) is 73.4 Å². The fourth-order valence-corrected chi connectivity index (χ4v) is 3.29. The van der Waals surface area contributed by atoms with Crippen molar-refractivity contribution in [3.8, 4) is 5.75 Å². The number of carbonyl (C=O) groups is 3. The predicted molar refractivity (Wildman–Crippen MR) is 100 cm³/mol. The molecule has 2 heterocycles. The molecule has 27 heavy (non-hydrogen) atoms. The van der Waals surface area contributed by atoms with Gasteiger partial charge in [0.05, 0.1) is 19.0 Å². The molecule has 4 amide bonds. The molecule has 0 radical (unpaired) electrons. The minimum Gasteiger partial charge on any atom is -0.492 e. The standard InChI is InChI=1S/C19H24N4O4/c1-3-9-22-17(24)18(25)23(19(22)26)14-20-10-12-21(13-11-20)15-7-5-6-8-16(15)27-4-2/h3,5-8H,1,4,9-14H2,2H3. The molecule has 144 valence electrons. The van der Waals surface area contributed by atoms with E-state index < -0.39 is 17.8 Å². The van der Waals surface area contributed by atoms with E-state index in [0.29, 0.717) is 19.7 Å². The molecule has 0 N–H and O–H groups in total. The number of hydrogen-bond donors (Lipinski definition) is 0. The summed E-state index contributed by atoms with van der Waals surface area (Å²) in [5.74, 6) is -0.709. The summed E-state index contributed by atoms with van der Waals surface area (Å²) >= 11 is 0. The number of para-hydroxylation sites is 2. The Bertz CT molecular complexity index is 743. The zero-order chi connectivity index (χ0) is 19.4. The molecule has 0 unspecified atom stereocenters. The van der Waals surface area contributed by atoms with Crippen LogP contribution in [-0.4, -0.2) is 78.5 Å². The molecule has 1 aromatic carbocycles. The number of hydrogen-bond acceptors (Lipinski definition) is 6. The number of rotatable bonds is 7. The van der Waals surface area contributed by atoms with Crippen molar-refractivity contribution in [2.24, 2.45) is 0 Å². The zero-order valence-corrected chi connectivity index (χ0v) is 15.5. The summed E-state index contributed by atoms with van der Waals surface area (Å²) in [5, 5.41) is 0. The first kappa shape index (κ1) is 18.9. The van der Waals surface area contributed by atoms with Crippen LogP contribution in [0.2, 0.25) is 0 Å². The van der Waals surface area contributed by atoms with E-state index >= 15 is 0 Å². The fourth-order valence-electron chi connectivity index (χ4n) is 3.29. The Morgan fingerprint density at radius 2 is 1.70 bits per heavy atom. The lowest BCUT2D eigenvalue weighted by molar-refractivity contribution is -0.143. The number of ether oxygens (including phenoxy) is 1. The Balaban J connectivity index is 1.60. The molecular weight excluding hydrogens is 348 g/mol. The third kappa shape index (κ3) is 3.80. The van der Waals surface area contributed by atoms with Crippen LogP contribution in [0.4, 0.5) is 10.5 Å². The smallest absolute Gasteiger partial charge is 0.335 e. The molecular formula is C19H24N4O4. The number of imide groups is 2. The van der Waals surface area contributed by atoms with E-state index in [2.05, 4.69) is 11.5 Å². The summed E-state index contributed by atoms with van der Waals surface area (Å²) in [6.07, 6.45) is 1.43. The number of urea groups is 1. The van der Waals surface area contributed by atoms with Crippen LogP contribution in [0, 0.1) is 0 Å². The molecule has 0 atom stereocenters. The van der Waals surface area contributed by atoms with Crippen molar-refractivity contribution >= 4 is 23.5 Å². The van der Waals surface area contributed by atoms with Gasteiger partial charge in [-0.05, 0) is 19.1 Å². The molecule has 8 nitrogen and oxygen atoms in total. The van der Waals surface area contributed by atoms with Crippen LogP contribution in [0.25, 0.3) is 0 Å². The Morgan fingerprint density at radius 3 is 2.37 bits per heavy atom. The van der Waals surface area contributed by atoms with Crippen molar-refractivity contribution in [2.45, 2.75) is 6.92 Å². The monoisotopic (exact) mass is 372 g/mol.